The average Bonchev–Trinajstić information content (AvgIpc) is 3.01. The van der Waals surface area contributed by atoms with Gasteiger partial charge in [0.2, 0.25) is 0 Å². The van der Waals surface area contributed by atoms with Gasteiger partial charge in [0.05, 0.1) is 18.4 Å². The molecular formula is C33H32N2O6. The zero-order valence-corrected chi connectivity index (χ0v) is 23.0. The van der Waals surface area contributed by atoms with E-state index in [4.69, 9.17) is 18.9 Å². The van der Waals surface area contributed by atoms with Crippen molar-refractivity contribution in [1.82, 2.24) is 5.43 Å². The molecule has 4 aromatic rings. The predicted octanol–water partition coefficient (Wildman–Crippen LogP) is 6.19. The van der Waals surface area contributed by atoms with Crippen molar-refractivity contribution in [2.45, 2.75) is 33.0 Å². The third kappa shape index (κ3) is 9.25. The monoisotopic (exact) mass is 552 g/mol. The molecule has 210 valence electrons. The van der Waals surface area contributed by atoms with Gasteiger partial charge < -0.3 is 18.9 Å². The molecule has 0 spiro atoms. The van der Waals surface area contributed by atoms with Gasteiger partial charge in [-0.3, -0.25) is 4.79 Å². The highest BCUT2D eigenvalue weighted by molar-refractivity contribution is 5.91. The van der Waals surface area contributed by atoms with Crippen LogP contribution in [0.15, 0.2) is 108 Å². The number of amides is 1. The Morgan fingerprint density at radius 3 is 2.07 bits per heavy atom. The van der Waals surface area contributed by atoms with Gasteiger partial charge in [-0.1, -0.05) is 37.3 Å². The Kier molecular flexibility index (Phi) is 10.5. The molecule has 0 radical (unpaired) electrons. The van der Waals surface area contributed by atoms with E-state index >= 15 is 0 Å². The first-order valence-corrected chi connectivity index (χ1v) is 13.3. The van der Waals surface area contributed by atoms with Gasteiger partial charge in [-0.25, -0.2) is 10.2 Å². The van der Waals surface area contributed by atoms with Crippen LogP contribution in [0.4, 0.5) is 0 Å². The fourth-order valence-corrected chi connectivity index (χ4v) is 3.57. The van der Waals surface area contributed by atoms with Gasteiger partial charge in [-0.05, 0) is 97.3 Å². The molecule has 0 saturated carbocycles. The lowest BCUT2D eigenvalue weighted by atomic mass is 10.2. The van der Waals surface area contributed by atoms with Gasteiger partial charge in [-0.15, -0.1) is 0 Å². The van der Waals surface area contributed by atoms with Crippen LogP contribution in [0, 0.1) is 0 Å². The van der Waals surface area contributed by atoms with Gasteiger partial charge >= 0.3 is 5.97 Å². The molecule has 0 bridgehead atoms. The summed E-state index contributed by atoms with van der Waals surface area (Å²) in [7, 11) is 0. The molecule has 0 aromatic heterocycles. The maximum atomic E-state index is 12.4. The lowest BCUT2D eigenvalue weighted by Gasteiger charge is -2.13. The predicted molar refractivity (Wildman–Crippen MR) is 157 cm³/mol. The van der Waals surface area contributed by atoms with Crippen molar-refractivity contribution in [3.05, 3.63) is 120 Å². The maximum absolute atomic E-state index is 12.4. The minimum absolute atomic E-state index is 0.390. The highest BCUT2D eigenvalue weighted by Crippen LogP contribution is 2.20. The quantitative estimate of drug-likeness (QED) is 0.0920. The molecule has 41 heavy (non-hydrogen) atoms. The second-order valence-corrected chi connectivity index (χ2v) is 9.07. The van der Waals surface area contributed by atoms with Gasteiger partial charge in [0.1, 0.15) is 29.6 Å². The van der Waals surface area contributed by atoms with Gasteiger partial charge in [-0.2, -0.15) is 5.10 Å². The molecule has 4 aromatic carbocycles. The summed E-state index contributed by atoms with van der Waals surface area (Å²) < 4.78 is 22.4. The molecule has 0 aliphatic heterocycles. The Morgan fingerprint density at radius 2 is 1.39 bits per heavy atom. The van der Waals surface area contributed by atoms with Gasteiger partial charge in [0, 0.05) is 0 Å². The van der Waals surface area contributed by atoms with E-state index in [2.05, 4.69) is 10.5 Å². The third-order valence-corrected chi connectivity index (χ3v) is 5.80. The van der Waals surface area contributed by atoms with E-state index in [-0.39, 0.29) is 0 Å². The number of nitrogens with one attached hydrogen (secondary N) is 1. The second-order valence-electron chi connectivity index (χ2n) is 9.07. The molecule has 1 N–H and O–H groups in total. The van der Waals surface area contributed by atoms with E-state index in [1.54, 1.807) is 79.7 Å². The number of hydrogen-bond donors (Lipinski definition) is 1. The molecule has 1 atom stereocenters. The van der Waals surface area contributed by atoms with Crippen molar-refractivity contribution in [3.63, 3.8) is 0 Å². The first-order valence-electron chi connectivity index (χ1n) is 13.3. The number of hydrazone groups is 1. The first kappa shape index (κ1) is 28.9. The number of ether oxygens (including phenoxy) is 4. The Morgan fingerprint density at radius 1 is 0.780 bits per heavy atom. The number of carbonyl (C=O) groups excluding carboxylic acids is 2. The molecule has 8 nitrogen and oxygen atoms in total. The molecular weight excluding hydrogens is 520 g/mol. The number of benzene rings is 4. The molecule has 0 saturated heterocycles. The van der Waals surface area contributed by atoms with Crippen LogP contribution in [-0.2, 0) is 11.4 Å². The molecule has 0 fully saturated rings. The lowest BCUT2D eigenvalue weighted by molar-refractivity contribution is -0.127. The van der Waals surface area contributed by atoms with Gasteiger partial charge in [0.15, 0.2) is 6.10 Å². The van der Waals surface area contributed by atoms with Crippen LogP contribution in [0.2, 0.25) is 0 Å². The van der Waals surface area contributed by atoms with Crippen molar-refractivity contribution in [2.24, 2.45) is 5.10 Å². The Labute approximate surface area is 239 Å². The fraction of sp³-hybridized carbons (Fsp3) is 0.182. The number of hydrogen-bond acceptors (Lipinski definition) is 7. The number of nitrogens with zero attached hydrogens (tertiary/aromatic N) is 1. The Hall–Kier alpha value is -5.11. The van der Waals surface area contributed by atoms with Crippen LogP contribution in [0.3, 0.4) is 0 Å². The zero-order chi connectivity index (χ0) is 28.9. The summed E-state index contributed by atoms with van der Waals surface area (Å²) in [6.07, 6.45) is 1.63. The van der Waals surface area contributed by atoms with E-state index in [1.165, 1.54) is 6.21 Å². The molecule has 4 rings (SSSR count). The lowest BCUT2D eigenvalue weighted by Crippen LogP contribution is -2.33. The second kappa shape index (κ2) is 14.9. The van der Waals surface area contributed by atoms with Crippen LogP contribution in [-0.4, -0.2) is 30.8 Å². The van der Waals surface area contributed by atoms with Crippen LogP contribution >= 0.6 is 0 Å². The van der Waals surface area contributed by atoms with E-state index in [0.29, 0.717) is 47.3 Å². The standard InChI is InChI=1S/C33H32N2O6/c1-3-21-38-28-15-11-27(12-16-28)33(37)41-31-13-9-25(10-14-31)22-34-35-32(36)24(2)40-30-19-17-29(18-20-30)39-23-26-7-5-4-6-8-26/h4-20,22,24H,3,21,23H2,1-2H3,(H,35,36)/b34-22-/t24-/m0/s1. The van der Waals surface area contributed by atoms with Crippen molar-refractivity contribution >= 4 is 18.1 Å². The summed E-state index contributed by atoms with van der Waals surface area (Å²) in [6, 6.07) is 30.5. The van der Waals surface area contributed by atoms with Crippen molar-refractivity contribution < 1.29 is 28.5 Å². The molecule has 0 unspecified atom stereocenters. The van der Waals surface area contributed by atoms with E-state index in [9.17, 15) is 9.59 Å². The molecule has 1 amide bonds. The largest absolute Gasteiger partial charge is 0.494 e. The van der Waals surface area contributed by atoms with Gasteiger partial charge in [0.25, 0.3) is 5.91 Å². The SMILES string of the molecule is CCCOc1ccc(C(=O)Oc2ccc(/C=N\NC(=O)[C@H](C)Oc3ccc(OCc4ccccc4)cc3)cc2)cc1. The van der Waals surface area contributed by atoms with E-state index < -0.39 is 18.0 Å². The molecule has 0 heterocycles. The normalized spacial score (nSPS) is 11.5. The highest BCUT2D eigenvalue weighted by atomic mass is 16.5. The minimum atomic E-state index is -0.766. The summed E-state index contributed by atoms with van der Waals surface area (Å²) in [4.78, 5) is 24.8. The smallest absolute Gasteiger partial charge is 0.343 e. The third-order valence-electron chi connectivity index (χ3n) is 5.80. The van der Waals surface area contributed by atoms with Crippen molar-refractivity contribution in [2.75, 3.05) is 6.61 Å². The molecule has 0 aliphatic carbocycles. The number of rotatable bonds is 13. The first-order chi connectivity index (χ1) is 20.0. The number of carbonyl (C=O) groups is 2. The molecule has 8 heteroatoms. The summed E-state index contributed by atoms with van der Waals surface area (Å²) in [5, 5.41) is 3.99. The van der Waals surface area contributed by atoms with Crippen LogP contribution in [0.5, 0.6) is 23.0 Å². The molecule has 0 aliphatic rings. The van der Waals surface area contributed by atoms with Crippen molar-refractivity contribution in [1.29, 1.82) is 0 Å². The fourth-order valence-electron chi connectivity index (χ4n) is 3.57. The highest BCUT2D eigenvalue weighted by Gasteiger charge is 2.14. The van der Waals surface area contributed by atoms with Crippen LogP contribution in [0.1, 0.15) is 41.8 Å². The van der Waals surface area contributed by atoms with Crippen LogP contribution in [0.25, 0.3) is 0 Å². The van der Waals surface area contributed by atoms with E-state index in [0.717, 1.165) is 12.0 Å². The Balaban J connectivity index is 1.20. The summed E-state index contributed by atoms with van der Waals surface area (Å²) in [5.74, 6) is 1.47. The van der Waals surface area contributed by atoms with Crippen molar-refractivity contribution in [3.8, 4) is 23.0 Å². The van der Waals surface area contributed by atoms with E-state index in [1.807, 2.05) is 37.3 Å². The minimum Gasteiger partial charge on any atom is -0.494 e. The summed E-state index contributed by atoms with van der Waals surface area (Å²) in [5.41, 5.74) is 4.68. The summed E-state index contributed by atoms with van der Waals surface area (Å²) >= 11 is 0. The Bertz CT molecular complexity index is 1420. The average molecular weight is 553 g/mol. The topological polar surface area (TPSA) is 95.5 Å². The zero-order valence-electron chi connectivity index (χ0n) is 23.0. The van der Waals surface area contributed by atoms with Crippen LogP contribution < -0.4 is 24.4 Å². The summed E-state index contributed by atoms with van der Waals surface area (Å²) in [6.45, 7) is 4.76. The maximum Gasteiger partial charge on any atom is 0.343 e. The number of esters is 1.